The number of nitrogens with one attached hydrogen (secondary N) is 1. The van der Waals surface area contributed by atoms with E-state index < -0.39 is 5.97 Å². The molecule has 2 aromatic rings. The molecule has 0 saturated heterocycles. The first kappa shape index (κ1) is 9.09. The maximum absolute atomic E-state index is 10.9. The largest absolute Gasteiger partial charge is 0.478 e. The van der Waals surface area contributed by atoms with Gasteiger partial charge in [-0.3, -0.25) is 0 Å². The van der Waals surface area contributed by atoms with Crippen LogP contribution in [0.4, 0.5) is 0 Å². The predicted molar refractivity (Wildman–Crippen MR) is 55.0 cm³/mol. The van der Waals surface area contributed by atoms with Crippen LogP contribution in [0.3, 0.4) is 0 Å². The van der Waals surface area contributed by atoms with Crippen LogP contribution in [-0.4, -0.2) is 16.1 Å². The molecule has 0 spiro atoms. The fourth-order valence-electron chi connectivity index (χ4n) is 1.60. The third-order valence-corrected chi connectivity index (χ3v) is 2.48. The minimum atomic E-state index is -1.00. The van der Waals surface area contributed by atoms with Crippen molar-refractivity contribution in [2.24, 2.45) is 0 Å². The number of carboxylic acid groups (broad SMARTS) is 1. The summed E-state index contributed by atoms with van der Waals surface area (Å²) in [6.45, 7) is 1.86. The van der Waals surface area contributed by atoms with Crippen LogP contribution in [0.5, 0.6) is 0 Å². The van der Waals surface area contributed by atoms with E-state index in [1.54, 1.807) is 6.07 Å². The molecule has 0 aliphatic carbocycles. The Morgan fingerprint density at radius 1 is 1.50 bits per heavy atom. The molecular weight excluding hydrogens is 202 g/mol. The van der Waals surface area contributed by atoms with Gasteiger partial charge in [-0.2, -0.15) is 0 Å². The van der Waals surface area contributed by atoms with Crippen LogP contribution in [0.1, 0.15) is 15.9 Å². The van der Waals surface area contributed by atoms with Crippen molar-refractivity contribution in [2.45, 2.75) is 6.92 Å². The third kappa shape index (κ3) is 1.17. The van der Waals surface area contributed by atoms with Gasteiger partial charge in [0.2, 0.25) is 0 Å². The minimum absolute atomic E-state index is 0.153. The molecule has 0 unspecified atom stereocenters. The van der Waals surface area contributed by atoms with Gasteiger partial charge < -0.3 is 10.1 Å². The van der Waals surface area contributed by atoms with Gasteiger partial charge in [-0.05, 0) is 18.6 Å². The fourth-order valence-corrected chi connectivity index (χ4v) is 1.87. The van der Waals surface area contributed by atoms with Crippen LogP contribution in [0.25, 0.3) is 10.9 Å². The lowest BCUT2D eigenvalue weighted by molar-refractivity contribution is 0.0699. The van der Waals surface area contributed by atoms with Gasteiger partial charge in [0.25, 0.3) is 0 Å². The van der Waals surface area contributed by atoms with Crippen molar-refractivity contribution in [1.82, 2.24) is 4.98 Å². The average molecular weight is 210 g/mol. The molecule has 0 aliphatic heterocycles. The Bertz CT molecular complexity index is 516. The Morgan fingerprint density at radius 2 is 2.21 bits per heavy atom. The zero-order valence-corrected chi connectivity index (χ0v) is 8.22. The van der Waals surface area contributed by atoms with E-state index in [9.17, 15) is 4.79 Å². The predicted octanol–water partition coefficient (Wildman–Crippen LogP) is 2.83. The van der Waals surface area contributed by atoms with E-state index in [0.29, 0.717) is 5.39 Å². The van der Waals surface area contributed by atoms with Gasteiger partial charge >= 0.3 is 5.97 Å². The fraction of sp³-hybridized carbons (Fsp3) is 0.100. The van der Waals surface area contributed by atoms with E-state index in [2.05, 4.69) is 4.98 Å². The van der Waals surface area contributed by atoms with Crippen molar-refractivity contribution in [2.75, 3.05) is 0 Å². The molecule has 4 heteroatoms. The van der Waals surface area contributed by atoms with Crippen LogP contribution in [0.15, 0.2) is 18.2 Å². The van der Waals surface area contributed by atoms with Gasteiger partial charge in [-0.1, -0.05) is 23.7 Å². The first-order valence-corrected chi connectivity index (χ1v) is 4.49. The number of aryl methyl sites for hydroxylation is 1. The molecule has 1 aromatic carbocycles. The number of aromatic nitrogens is 1. The lowest BCUT2D eigenvalue weighted by Gasteiger charge is -1.96. The van der Waals surface area contributed by atoms with Gasteiger partial charge in [0.1, 0.15) is 10.7 Å². The van der Waals surface area contributed by atoms with Crippen LogP contribution < -0.4 is 0 Å². The number of hydrogen-bond acceptors (Lipinski definition) is 1. The molecule has 0 bridgehead atoms. The van der Waals surface area contributed by atoms with E-state index >= 15 is 0 Å². The molecule has 1 aromatic heterocycles. The Labute approximate surface area is 85.3 Å². The zero-order valence-electron chi connectivity index (χ0n) is 7.47. The lowest BCUT2D eigenvalue weighted by Crippen LogP contribution is -1.96. The molecule has 3 nitrogen and oxygen atoms in total. The van der Waals surface area contributed by atoms with Gasteiger partial charge in [0.05, 0.1) is 0 Å². The number of aromatic amines is 1. The summed E-state index contributed by atoms with van der Waals surface area (Å²) in [5, 5.41) is 9.84. The van der Waals surface area contributed by atoms with Gasteiger partial charge in [0.15, 0.2) is 0 Å². The summed E-state index contributed by atoms with van der Waals surface area (Å²) in [6, 6.07) is 5.52. The molecule has 0 fully saturated rings. The summed E-state index contributed by atoms with van der Waals surface area (Å²) in [5.74, 6) is -1.00. The average Bonchev–Trinajstić information content (AvgIpc) is 2.42. The molecule has 0 radical (unpaired) electrons. The summed E-state index contributed by atoms with van der Waals surface area (Å²) in [6.07, 6.45) is 0. The second-order valence-electron chi connectivity index (χ2n) is 3.12. The second kappa shape index (κ2) is 3.03. The maximum Gasteiger partial charge on any atom is 0.339 e. The highest BCUT2D eigenvalue weighted by Gasteiger charge is 2.17. The molecule has 2 N–H and O–H groups in total. The summed E-state index contributed by atoms with van der Waals surface area (Å²) in [5.41, 5.74) is 1.82. The van der Waals surface area contributed by atoms with Crippen molar-refractivity contribution in [1.29, 1.82) is 0 Å². The minimum Gasteiger partial charge on any atom is -0.478 e. The van der Waals surface area contributed by atoms with E-state index in [-0.39, 0.29) is 10.7 Å². The van der Waals surface area contributed by atoms with Crippen LogP contribution in [0, 0.1) is 6.92 Å². The summed E-state index contributed by atoms with van der Waals surface area (Å²) < 4.78 is 0. The Balaban J connectivity index is 2.93. The zero-order chi connectivity index (χ0) is 10.3. The highest BCUT2D eigenvalue weighted by molar-refractivity contribution is 6.34. The molecule has 0 saturated carbocycles. The van der Waals surface area contributed by atoms with Gasteiger partial charge in [-0.25, -0.2) is 4.79 Å². The topological polar surface area (TPSA) is 53.1 Å². The number of carboxylic acids is 1. The number of H-pyrrole nitrogens is 1. The second-order valence-corrected chi connectivity index (χ2v) is 3.49. The number of rotatable bonds is 1. The van der Waals surface area contributed by atoms with E-state index in [1.807, 2.05) is 19.1 Å². The first-order valence-electron chi connectivity index (χ1n) is 4.11. The van der Waals surface area contributed by atoms with E-state index in [4.69, 9.17) is 16.7 Å². The first-order chi connectivity index (χ1) is 6.61. The lowest BCUT2D eigenvalue weighted by atomic mass is 10.1. The molecule has 72 valence electrons. The SMILES string of the molecule is Cc1cccc2[nH]c(Cl)c(C(=O)O)c12. The Morgan fingerprint density at radius 3 is 2.86 bits per heavy atom. The number of halogens is 1. The van der Waals surface area contributed by atoms with Crippen molar-refractivity contribution in [3.8, 4) is 0 Å². The maximum atomic E-state index is 10.9. The number of benzene rings is 1. The molecular formula is C10H8ClNO2. The Kier molecular flexibility index (Phi) is 1.97. The molecule has 2 rings (SSSR count). The van der Waals surface area contributed by atoms with Gasteiger partial charge in [0, 0.05) is 10.9 Å². The monoisotopic (exact) mass is 209 g/mol. The molecule has 1 heterocycles. The van der Waals surface area contributed by atoms with Crippen molar-refractivity contribution in [3.05, 3.63) is 34.5 Å². The smallest absolute Gasteiger partial charge is 0.339 e. The Hall–Kier alpha value is -1.48. The number of aromatic carboxylic acids is 1. The van der Waals surface area contributed by atoms with E-state index in [1.165, 1.54) is 0 Å². The summed E-state index contributed by atoms with van der Waals surface area (Å²) in [4.78, 5) is 13.8. The van der Waals surface area contributed by atoms with E-state index in [0.717, 1.165) is 11.1 Å². The van der Waals surface area contributed by atoms with Crippen LogP contribution >= 0.6 is 11.6 Å². The highest BCUT2D eigenvalue weighted by Crippen LogP contribution is 2.28. The molecule has 14 heavy (non-hydrogen) atoms. The number of fused-ring (bicyclic) bond motifs is 1. The number of hydrogen-bond donors (Lipinski definition) is 2. The molecule has 0 amide bonds. The van der Waals surface area contributed by atoms with Crippen molar-refractivity contribution in [3.63, 3.8) is 0 Å². The quantitative estimate of drug-likeness (QED) is 0.759. The highest BCUT2D eigenvalue weighted by atomic mass is 35.5. The number of carbonyl (C=O) groups is 1. The molecule has 0 atom stereocenters. The van der Waals surface area contributed by atoms with Crippen LogP contribution in [-0.2, 0) is 0 Å². The third-order valence-electron chi connectivity index (χ3n) is 2.20. The normalized spacial score (nSPS) is 10.7. The van der Waals surface area contributed by atoms with Gasteiger partial charge in [-0.15, -0.1) is 0 Å². The van der Waals surface area contributed by atoms with Crippen molar-refractivity contribution < 1.29 is 9.90 Å². The van der Waals surface area contributed by atoms with Crippen molar-refractivity contribution >= 4 is 28.5 Å². The van der Waals surface area contributed by atoms with Crippen LogP contribution in [0.2, 0.25) is 5.15 Å². The summed E-state index contributed by atoms with van der Waals surface area (Å²) in [7, 11) is 0. The summed E-state index contributed by atoms with van der Waals surface area (Å²) >= 11 is 5.80. The standard InChI is InChI=1S/C10H8ClNO2/c1-5-3-2-4-6-7(5)8(10(13)14)9(11)12-6/h2-4,12H,1H3,(H,13,14). The molecule has 0 aliphatic rings.